The molecule has 4 nitrogen and oxygen atoms in total. The molecule has 1 amide bonds. The van der Waals surface area contributed by atoms with Gasteiger partial charge in [0.25, 0.3) is 5.91 Å². The van der Waals surface area contributed by atoms with Crippen LogP contribution in [0.4, 0.5) is 0 Å². The molecule has 20 heavy (non-hydrogen) atoms. The minimum absolute atomic E-state index is 0.0147. The predicted molar refractivity (Wildman–Crippen MR) is 78.2 cm³/mol. The molecule has 0 fully saturated rings. The molecule has 1 heterocycles. The van der Waals surface area contributed by atoms with Crippen LogP contribution in [0.15, 0.2) is 18.2 Å². The average molecular weight is 277 g/mol. The SMILES string of the molecule is CCN(CCCO)C(=O)c1cccc2c1OC(C)C2C. The lowest BCUT2D eigenvalue weighted by atomic mass is 9.96. The van der Waals surface area contributed by atoms with Crippen LogP contribution >= 0.6 is 0 Å². The number of aliphatic hydroxyl groups is 1. The molecule has 1 aliphatic heterocycles. The second kappa shape index (κ2) is 6.27. The minimum atomic E-state index is -0.0147. The monoisotopic (exact) mass is 277 g/mol. The second-order valence-electron chi connectivity index (χ2n) is 5.30. The summed E-state index contributed by atoms with van der Waals surface area (Å²) >= 11 is 0. The molecule has 1 aromatic rings. The highest BCUT2D eigenvalue weighted by atomic mass is 16.5. The Morgan fingerprint density at radius 3 is 2.80 bits per heavy atom. The smallest absolute Gasteiger partial charge is 0.257 e. The number of aliphatic hydroxyl groups excluding tert-OH is 1. The van der Waals surface area contributed by atoms with E-state index < -0.39 is 0 Å². The van der Waals surface area contributed by atoms with E-state index in [4.69, 9.17) is 9.84 Å². The van der Waals surface area contributed by atoms with Crippen LogP contribution in [-0.4, -0.2) is 41.7 Å². The number of carbonyl (C=O) groups excluding carboxylic acids is 1. The Kier molecular flexibility index (Phi) is 4.65. The lowest BCUT2D eigenvalue weighted by molar-refractivity contribution is 0.0749. The fourth-order valence-corrected chi connectivity index (χ4v) is 2.59. The van der Waals surface area contributed by atoms with E-state index in [1.807, 2.05) is 32.0 Å². The van der Waals surface area contributed by atoms with Gasteiger partial charge in [-0.1, -0.05) is 19.1 Å². The van der Waals surface area contributed by atoms with Crippen molar-refractivity contribution in [3.63, 3.8) is 0 Å². The molecule has 1 N–H and O–H groups in total. The van der Waals surface area contributed by atoms with Gasteiger partial charge in [-0.05, 0) is 26.3 Å². The van der Waals surface area contributed by atoms with Crippen LogP contribution in [-0.2, 0) is 0 Å². The molecule has 0 saturated carbocycles. The average Bonchev–Trinajstić information content (AvgIpc) is 2.75. The summed E-state index contributed by atoms with van der Waals surface area (Å²) in [6.45, 7) is 7.40. The topological polar surface area (TPSA) is 49.8 Å². The van der Waals surface area contributed by atoms with Gasteiger partial charge in [0.2, 0.25) is 0 Å². The van der Waals surface area contributed by atoms with Crippen LogP contribution in [0, 0.1) is 0 Å². The van der Waals surface area contributed by atoms with Crippen LogP contribution in [0.25, 0.3) is 0 Å². The Morgan fingerprint density at radius 1 is 1.40 bits per heavy atom. The van der Waals surface area contributed by atoms with Crippen molar-refractivity contribution >= 4 is 5.91 Å². The summed E-state index contributed by atoms with van der Waals surface area (Å²) in [4.78, 5) is 14.4. The maximum Gasteiger partial charge on any atom is 0.257 e. The van der Waals surface area contributed by atoms with Gasteiger partial charge in [0.1, 0.15) is 11.9 Å². The van der Waals surface area contributed by atoms with Crippen LogP contribution in [0.3, 0.4) is 0 Å². The van der Waals surface area contributed by atoms with Crippen LogP contribution in [0.2, 0.25) is 0 Å². The van der Waals surface area contributed by atoms with Crippen LogP contribution in [0.5, 0.6) is 5.75 Å². The first-order valence-corrected chi connectivity index (χ1v) is 7.29. The molecule has 4 heteroatoms. The second-order valence-corrected chi connectivity index (χ2v) is 5.30. The number of hydrogen-bond acceptors (Lipinski definition) is 3. The van der Waals surface area contributed by atoms with E-state index >= 15 is 0 Å². The van der Waals surface area contributed by atoms with Gasteiger partial charge in [-0.3, -0.25) is 4.79 Å². The van der Waals surface area contributed by atoms with Gasteiger partial charge in [0, 0.05) is 31.2 Å². The number of rotatable bonds is 5. The summed E-state index contributed by atoms with van der Waals surface area (Å²) < 4.78 is 5.87. The quantitative estimate of drug-likeness (QED) is 0.899. The van der Waals surface area contributed by atoms with E-state index in [1.165, 1.54) is 0 Å². The van der Waals surface area contributed by atoms with Gasteiger partial charge in [-0.25, -0.2) is 0 Å². The number of hydrogen-bond donors (Lipinski definition) is 1. The Bertz CT molecular complexity index is 487. The molecule has 2 rings (SSSR count). The molecular weight excluding hydrogens is 254 g/mol. The molecule has 1 aromatic carbocycles. The van der Waals surface area contributed by atoms with E-state index in [1.54, 1.807) is 4.90 Å². The predicted octanol–water partition coefficient (Wildman–Crippen LogP) is 2.42. The third-order valence-corrected chi connectivity index (χ3v) is 4.03. The minimum Gasteiger partial charge on any atom is -0.489 e. The molecule has 2 unspecified atom stereocenters. The normalized spacial score (nSPS) is 20.4. The van der Waals surface area contributed by atoms with E-state index in [9.17, 15) is 4.79 Å². The third-order valence-electron chi connectivity index (χ3n) is 4.03. The standard InChI is InChI=1S/C16H23NO3/c1-4-17(9-6-10-18)16(19)14-8-5-7-13-11(2)12(3)20-15(13)14/h5,7-8,11-12,18H,4,6,9-10H2,1-3H3. The first kappa shape index (κ1) is 14.9. The van der Waals surface area contributed by atoms with Crippen molar-refractivity contribution in [3.8, 4) is 5.75 Å². The molecule has 0 bridgehead atoms. The summed E-state index contributed by atoms with van der Waals surface area (Å²) in [6, 6.07) is 5.78. The highest BCUT2D eigenvalue weighted by Gasteiger charge is 2.31. The first-order chi connectivity index (χ1) is 9.60. The summed E-state index contributed by atoms with van der Waals surface area (Å²) in [5, 5.41) is 8.92. The summed E-state index contributed by atoms with van der Waals surface area (Å²) in [6.07, 6.45) is 0.703. The Hall–Kier alpha value is -1.55. The number of nitrogens with zero attached hydrogens (tertiary/aromatic N) is 1. The van der Waals surface area contributed by atoms with E-state index in [2.05, 4.69) is 6.92 Å². The van der Waals surface area contributed by atoms with Gasteiger partial charge < -0.3 is 14.7 Å². The van der Waals surface area contributed by atoms with E-state index in [0.29, 0.717) is 31.0 Å². The maximum atomic E-state index is 12.6. The van der Waals surface area contributed by atoms with E-state index in [0.717, 1.165) is 11.3 Å². The van der Waals surface area contributed by atoms with Gasteiger partial charge >= 0.3 is 0 Å². The van der Waals surface area contributed by atoms with Crippen LogP contribution < -0.4 is 4.74 Å². The molecular formula is C16H23NO3. The number of amides is 1. The molecule has 0 spiro atoms. The van der Waals surface area contributed by atoms with Gasteiger partial charge in [-0.2, -0.15) is 0 Å². The lowest BCUT2D eigenvalue weighted by Crippen LogP contribution is -2.32. The fraction of sp³-hybridized carbons (Fsp3) is 0.562. The van der Waals surface area contributed by atoms with Crippen molar-refractivity contribution < 1.29 is 14.6 Å². The molecule has 0 saturated heterocycles. The van der Waals surface area contributed by atoms with Crippen LogP contribution in [0.1, 0.15) is 49.0 Å². The zero-order valence-corrected chi connectivity index (χ0v) is 12.4. The third kappa shape index (κ3) is 2.66. The summed E-state index contributed by atoms with van der Waals surface area (Å²) in [7, 11) is 0. The number of ether oxygens (including phenoxy) is 1. The highest BCUT2D eigenvalue weighted by molar-refractivity contribution is 5.97. The largest absolute Gasteiger partial charge is 0.489 e. The molecule has 0 aromatic heterocycles. The Balaban J connectivity index is 2.28. The number of carbonyl (C=O) groups is 1. The van der Waals surface area contributed by atoms with Crippen molar-refractivity contribution in [1.82, 2.24) is 4.90 Å². The van der Waals surface area contributed by atoms with Gasteiger partial charge in [0.05, 0.1) is 5.56 Å². The summed E-state index contributed by atoms with van der Waals surface area (Å²) in [5.74, 6) is 1.03. The fourth-order valence-electron chi connectivity index (χ4n) is 2.59. The van der Waals surface area contributed by atoms with Crippen molar-refractivity contribution in [2.45, 2.75) is 39.2 Å². The van der Waals surface area contributed by atoms with Crippen molar-refractivity contribution in [1.29, 1.82) is 0 Å². The van der Waals surface area contributed by atoms with Crippen molar-refractivity contribution in [2.75, 3.05) is 19.7 Å². The summed E-state index contributed by atoms with van der Waals surface area (Å²) in [5.41, 5.74) is 1.75. The zero-order valence-electron chi connectivity index (χ0n) is 12.4. The van der Waals surface area contributed by atoms with E-state index in [-0.39, 0.29) is 18.6 Å². The Morgan fingerprint density at radius 2 is 2.15 bits per heavy atom. The maximum absolute atomic E-state index is 12.6. The molecule has 0 radical (unpaired) electrons. The molecule has 2 atom stereocenters. The number of fused-ring (bicyclic) bond motifs is 1. The first-order valence-electron chi connectivity index (χ1n) is 7.29. The molecule has 0 aliphatic carbocycles. The Labute approximate surface area is 120 Å². The molecule has 1 aliphatic rings. The number of para-hydroxylation sites is 1. The van der Waals surface area contributed by atoms with Crippen molar-refractivity contribution in [2.24, 2.45) is 0 Å². The highest BCUT2D eigenvalue weighted by Crippen LogP contribution is 2.40. The lowest BCUT2D eigenvalue weighted by Gasteiger charge is -2.21. The van der Waals surface area contributed by atoms with Crippen molar-refractivity contribution in [3.05, 3.63) is 29.3 Å². The number of benzene rings is 1. The van der Waals surface area contributed by atoms with Gasteiger partial charge in [-0.15, -0.1) is 0 Å². The molecule has 110 valence electrons. The van der Waals surface area contributed by atoms with Gasteiger partial charge in [0.15, 0.2) is 0 Å². The zero-order chi connectivity index (χ0) is 14.7.